The lowest BCUT2D eigenvalue weighted by atomic mass is 9.81. The molecule has 1 N–H and O–H groups in total. The molecule has 0 fully saturated rings. The summed E-state index contributed by atoms with van der Waals surface area (Å²) in [6.07, 6.45) is 0. The summed E-state index contributed by atoms with van der Waals surface area (Å²) in [4.78, 5) is 2.34. The fourth-order valence-corrected chi connectivity index (χ4v) is 2.78. The Labute approximate surface area is 97.9 Å². The highest BCUT2D eigenvalue weighted by Crippen LogP contribution is 2.46. The van der Waals surface area contributed by atoms with Crippen LogP contribution in [0.4, 0.5) is 5.69 Å². The third-order valence-electron chi connectivity index (χ3n) is 4.07. The lowest BCUT2D eigenvalue weighted by Gasteiger charge is -2.31. The van der Waals surface area contributed by atoms with E-state index in [1.165, 1.54) is 16.8 Å². The topological polar surface area (TPSA) is 23.5 Å². The molecule has 0 aromatic heterocycles. The Kier molecular flexibility index (Phi) is 2.70. The molecule has 1 aromatic carbocycles. The quantitative estimate of drug-likeness (QED) is 0.826. The van der Waals surface area contributed by atoms with Gasteiger partial charge in [0.15, 0.2) is 0 Å². The van der Waals surface area contributed by atoms with Crippen LogP contribution in [0.3, 0.4) is 0 Å². The Morgan fingerprint density at radius 2 is 2.06 bits per heavy atom. The zero-order valence-corrected chi connectivity index (χ0v) is 10.6. The van der Waals surface area contributed by atoms with Crippen molar-refractivity contribution in [2.45, 2.75) is 39.2 Å². The molecule has 2 nitrogen and oxygen atoms in total. The summed E-state index contributed by atoms with van der Waals surface area (Å²) in [6.45, 7) is 9.91. The van der Waals surface area contributed by atoms with Gasteiger partial charge in [-0.05, 0) is 25.0 Å². The summed E-state index contributed by atoms with van der Waals surface area (Å²) in [5, 5.41) is 9.19. The third-order valence-corrected chi connectivity index (χ3v) is 4.07. The molecule has 1 aliphatic heterocycles. The molecule has 1 heterocycles. The summed E-state index contributed by atoms with van der Waals surface area (Å²) in [7, 11) is 0. The van der Waals surface area contributed by atoms with Gasteiger partial charge in [-0.1, -0.05) is 32.0 Å². The molecule has 0 saturated carbocycles. The number of aliphatic hydroxyl groups excluding tert-OH is 1. The van der Waals surface area contributed by atoms with Crippen LogP contribution in [-0.2, 0) is 5.41 Å². The van der Waals surface area contributed by atoms with Crippen LogP contribution in [0.25, 0.3) is 0 Å². The molecular weight excluding hydrogens is 198 g/mol. The molecule has 1 atom stereocenters. The van der Waals surface area contributed by atoms with Gasteiger partial charge in [-0.25, -0.2) is 0 Å². The molecule has 1 aromatic rings. The maximum Gasteiger partial charge on any atom is 0.0606 e. The van der Waals surface area contributed by atoms with Crippen LogP contribution >= 0.6 is 0 Å². The molecular formula is C14H21NO. The first-order chi connectivity index (χ1) is 7.50. The second-order valence-electron chi connectivity index (χ2n) is 5.29. The standard InChI is InChI=1S/C14H21NO/c1-10-6-5-7-12-13(10)15(8-9-16)11(2)14(12,3)4/h5-7,11,16H,8-9H2,1-4H3. The fourth-order valence-electron chi connectivity index (χ4n) is 2.78. The summed E-state index contributed by atoms with van der Waals surface area (Å²) >= 11 is 0. The van der Waals surface area contributed by atoms with Gasteiger partial charge in [0.25, 0.3) is 0 Å². The molecule has 0 spiro atoms. The maximum atomic E-state index is 9.19. The average molecular weight is 219 g/mol. The number of fused-ring (bicyclic) bond motifs is 1. The van der Waals surface area contributed by atoms with Gasteiger partial charge in [-0.3, -0.25) is 0 Å². The number of β-amino-alcohol motifs (C(OH)–C–C–N with tert-alkyl or cyclic N) is 1. The average Bonchev–Trinajstić information content (AvgIpc) is 2.42. The molecule has 0 saturated heterocycles. The molecule has 1 unspecified atom stereocenters. The van der Waals surface area contributed by atoms with Gasteiger partial charge in [0.2, 0.25) is 0 Å². The number of aliphatic hydroxyl groups is 1. The second-order valence-corrected chi connectivity index (χ2v) is 5.29. The van der Waals surface area contributed by atoms with Crippen molar-refractivity contribution in [2.24, 2.45) is 0 Å². The second kappa shape index (κ2) is 3.77. The Bertz CT molecular complexity index is 398. The Morgan fingerprint density at radius 1 is 1.38 bits per heavy atom. The molecule has 16 heavy (non-hydrogen) atoms. The number of aryl methyl sites for hydroxylation is 1. The van der Waals surface area contributed by atoms with E-state index in [0.717, 1.165) is 6.54 Å². The Morgan fingerprint density at radius 3 is 2.69 bits per heavy atom. The first kappa shape index (κ1) is 11.5. The minimum absolute atomic E-state index is 0.163. The van der Waals surface area contributed by atoms with Gasteiger partial charge in [-0.2, -0.15) is 0 Å². The highest BCUT2D eigenvalue weighted by molar-refractivity contribution is 5.67. The van der Waals surface area contributed by atoms with Crippen LogP contribution in [-0.4, -0.2) is 24.3 Å². The number of hydrogen-bond donors (Lipinski definition) is 1. The number of hydrogen-bond acceptors (Lipinski definition) is 2. The van der Waals surface area contributed by atoms with E-state index >= 15 is 0 Å². The van der Waals surface area contributed by atoms with Crippen molar-refractivity contribution in [1.82, 2.24) is 0 Å². The zero-order chi connectivity index (χ0) is 11.9. The van der Waals surface area contributed by atoms with Gasteiger partial charge in [-0.15, -0.1) is 0 Å². The monoisotopic (exact) mass is 219 g/mol. The van der Waals surface area contributed by atoms with Crippen molar-refractivity contribution >= 4 is 5.69 Å². The lowest BCUT2D eigenvalue weighted by Crippen LogP contribution is -2.40. The highest BCUT2D eigenvalue weighted by Gasteiger charge is 2.41. The minimum atomic E-state index is 0.163. The van der Waals surface area contributed by atoms with Crippen LogP contribution in [0.1, 0.15) is 31.9 Å². The third kappa shape index (κ3) is 1.44. The predicted molar refractivity (Wildman–Crippen MR) is 68.1 cm³/mol. The summed E-state index contributed by atoms with van der Waals surface area (Å²) < 4.78 is 0. The van der Waals surface area contributed by atoms with E-state index in [1.807, 2.05) is 0 Å². The predicted octanol–water partition coefficient (Wildman–Crippen LogP) is 2.47. The van der Waals surface area contributed by atoms with E-state index in [0.29, 0.717) is 6.04 Å². The van der Waals surface area contributed by atoms with Crippen LogP contribution in [0.5, 0.6) is 0 Å². The molecule has 0 amide bonds. The Hall–Kier alpha value is -1.02. The van der Waals surface area contributed by atoms with Crippen molar-refractivity contribution in [2.75, 3.05) is 18.1 Å². The van der Waals surface area contributed by atoms with Gasteiger partial charge in [0, 0.05) is 23.7 Å². The normalized spacial score (nSPS) is 22.3. The van der Waals surface area contributed by atoms with Crippen molar-refractivity contribution in [3.05, 3.63) is 29.3 Å². The lowest BCUT2D eigenvalue weighted by molar-refractivity contribution is 0.293. The molecule has 1 aliphatic rings. The van der Waals surface area contributed by atoms with Gasteiger partial charge < -0.3 is 10.0 Å². The first-order valence-electron chi connectivity index (χ1n) is 5.97. The summed E-state index contributed by atoms with van der Waals surface area (Å²) in [6, 6.07) is 6.94. The maximum absolute atomic E-state index is 9.19. The van der Waals surface area contributed by atoms with Crippen molar-refractivity contribution in [3.8, 4) is 0 Å². The van der Waals surface area contributed by atoms with Crippen molar-refractivity contribution in [1.29, 1.82) is 0 Å². The fraction of sp³-hybridized carbons (Fsp3) is 0.571. The molecule has 2 heteroatoms. The molecule has 0 bridgehead atoms. The van der Waals surface area contributed by atoms with E-state index in [-0.39, 0.29) is 12.0 Å². The van der Waals surface area contributed by atoms with Crippen molar-refractivity contribution < 1.29 is 5.11 Å². The molecule has 88 valence electrons. The number of para-hydroxylation sites is 1. The molecule has 2 rings (SSSR count). The van der Waals surface area contributed by atoms with Crippen LogP contribution in [0.2, 0.25) is 0 Å². The minimum Gasteiger partial charge on any atom is -0.395 e. The van der Waals surface area contributed by atoms with E-state index in [4.69, 9.17) is 0 Å². The largest absolute Gasteiger partial charge is 0.395 e. The number of rotatable bonds is 2. The van der Waals surface area contributed by atoms with E-state index in [1.54, 1.807) is 0 Å². The van der Waals surface area contributed by atoms with Crippen LogP contribution < -0.4 is 4.90 Å². The van der Waals surface area contributed by atoms with E-state index in [2.05, 4.69) is 50.8 Å². The van der Waals surface area contributed by atoms with Crippen LogP contribution in [0, 0.1) is 6.92 Å². The van der Waals surface area contributed by atoms with E-state index < -0.39 is 0 Å². The van der Waals surface area contributed by atoms with Gasteiger partial charge >= 0.3 is 0 Å². The van der Waals surface area contributed by atoms with Gasteiger partial charge in [0.05, 0.1) is 6.61 Å². The summed E-state index contributed by atoms with van der Waals surface area (Å²) in [5.74, 6) is 0. The number of benzene rings is 1. The number of nitrogens with zero attached hydrogens (tertiary/aromatic N) is 1. The highest BCUT2D eigenvalue weighted by atomic mass is 16.3. The smallest absolute Gasteiger partial charge is 0.0606 e. The Balaban J connectivity index is 2.56. The zero-order valence-electron chi connectivity index (χ0n) is 10.6. The number of anilines is 1. The molecule has 0 aliphatic carbocycles. The van der Waals surface area contributed by atoms with Crippen molar-refractivity contribution in [3.63, 3.8) is 0 Å². The van der Waals surface area contributed by atoms with Gasteiger partial charge in [0.1, 0.15) is 0 Å². The van der Waals surface area contributed by atoms with Crippen LogP contribution in [0.15, 0.2) is 18.2 Å². The first-order valence-corrected chi connectivity index (χ1v) is 5.97. The molecule has 0 radical (unpaired) electrons. The summed E-state index contributed by atoms with van der Waals surface area (Å²) in [5.41, 5.74) is 4.21. The SMILES string of the molecule is Cc1cccc2c1N(CCO)C(C)C2(C)C. The van der Waals surface area contributed by atoms with E-state index in [9.17, 15) is 5.11 Å².